The van der Waals surface area contributed by atoms with Crippen molar-refractivity contribution >= 4 is 22.5 Å². The molecule has 0 radical (unpaired) electrons. The van der Waals surface area contributed by atoms with E-state index in [1.807, 2.05) is 41.8 Å². The van der Waals surface area contributed by atoms with E-state index in [2.05, 4.69) is 9.97 Å². The first-order valence-electron chi connectivity index (χ1n) is 5.95. The summed E-state index contributed by atoms with van der Waals surface area (Å²) in [7, 11) is 3.90. The summed E-state index contributed by atoms with van der Waals surface area (Å²) < 4.78 is 1.96. The third-order valence-corrected chi connectivity index (χ3v) is 3.18. The van der Waals surface area contributed by atoms with Crippen molar-refractivity contribution in [3.05, 3.63) is 42.9 Å². The maximum Gasteiger partial charge on any atom is 0.134 e. The van der Waals surface area contributed by atoms with E-state index in [9.17, 15) is 5.11 Å². The summed E-state index contributed by atoms with van der Waals surface area (Å²) in [6.07, 6.45) is 3.54. The van der Waals surface area contributed by atoms with Crippen molar-refractivity contribution in [2.45, 2.75) is 0 Å². The van der Waals surface area contributed by atoms with Gasteiger partial charge in [-0.05, 0) is 24.3 Å². The molecule has 19 heavy (non-hydrogen) atoms. The van der Waals surface area contributed by atoms with E-state index in [0.29, 0.717) is 0 Å². The number of imidazole rings is 1. The van der Waals surface area contributed by atoms with Gasteiger partial charge in [-0.15, -0.1) is 0 Å². The van der Waals surface area contributed by atoms with Gasteiger partial charge in [0.15, 0.2) is 0 Å². The molecule has 0 bridgehead atoms. The molecule has 0 saturated carbocycles. The number of nitrogens with zero attached hydrogens (tertiary/aromatic N) is 4. The summed E-state index contributed by atoms with van der Waals surface area (Å²) in [5.41, 5.74) is 2.88. The van der Waals surface area contributed by atoms with Crippen LogP contribution in [0, 0.1) is 0 Å². The fraction of sp³-hybridized carbons (Fsp3) is 0.143. The topological polar surface area (TPSA) is 54.2 Å². The van der Waals surface area contributed by atoms with Gasteiger partial charge >= 0.3 is 0 Å². The van der Waals surface area contributed by atoms with Crippen LogP contribution in [-0.2, 0) is 7.05 Å². The molecule has 0 aliphatic rings. The van der Waals surface area contributed by atoms with Crippen LogP contribution >= 0.6 is 0 Å². The number of phenols is 1. The zero-order chi connectivity index (χ0) is 13.4. The number of aryl methyl sites for hydroxylation is 1. The summed E-state index contributed by atoms with van der Waals surface area (Å²) >= 11 is 0. The van der Waals surface area contributed by atoms with Gasteiger partial charge in [0.25, 0.3) is 0 Å². The molecule has 5 heteroatoms. The number of benzene rings is 1. The molecular formula is C14H14N4O. The molecule has 2 heterocycles. The standard InChI is InChI=1S/C14H14N4O/c1-17-9-16-12-8-15-14(7-13(12)17)18(2)10-3-5-11(19)6-4-10/h3-9,19H,1-2H3. The normalized spacial score (nSPS) is 10.8. The second-order valence-corrected chi connectivity index (χ2v) is 4.46. The van der Waals surface area contributed by atoms with E-state index in [1.54, 1.807) is 24.7 Å². The van der Waals surface area contributed by atoms with Crippen molar-refractivity contribution in [3.63, 3.8) is 0 Å². The molecule has 2 aromatic heterocycles. The van der Waals surface area contributed by atoms with Crippen molar-refractivity contribution in [2.75, 3.05) is 11.9 Å². The van der Waals surface area contributed by atoms with Gasteiger partial charge in [0, 0.05) is 25.8 Å². The molecule has 0 saturated heterocycles. The Labute approximate surface area is 110 Å². The Hall–Kier alpha value is -2.56. The van der Waals surface area contributed by atoms with E-state index >= 15 is 0 Å². The van der Waals surface area contributed by atoms with Crippen molar-refractivity contribution in [3.8, 4) is 5.75 Å². The minimum atomic E-state index is 0.257. The molecule has 5 nitrogen and oxygen atoms in total. The average molecular weight is 254 g/mol. The molecule has 1 aromatic carbocycles. The van der Waals surface area contributed by atoms with Gasteiger partial charge in [0.05, 0.1) is 18.0 Å². The zero-order valence-electron chi connectivity index (χ0n) is 10.8. The lowest BCUT2D eigenvalue weighted by molar-refractivity contribution is 0.475. The van der Waals surface area contributed by atoms with Crippen molar-refractivity contribution in [2.24, 2.45) is 7.05 Å². The molecule has 3 rings (SSSR count). The second kappa shape index (κ2) is 4.28. The minimum absolute atomic E-state index is 0.257. The Bertz CT molecular complexity index is 718. The SMILES string of the molecule is CN(c1ccc(O)cc1)c1cc2c(cn1)ncn2C. The van der Waals surface area contributed by atoms with Crippen LogP contribution < -0.4 is 4.90 Å². The Morgan fingerprint density at radius 3 is 2.63 bits per heavy atom. The summed E-state index contributed by atoms with van der Waals surface area (Å²) in [5.74, 6) is 1.09. The van der Waals surface area contributed by atoms with Crippen molar-refractivity contribution in [1.29, 1.82) is 0 Å². The van der Waals surface area contributed by atoms with Crippen molar-refractivity contribution < 1.29 is 5.11 Å². The molecule has 0 fully saturated rings. The van der Waals surface area contributed by atoms with Gasteiger partial charge in [-0.1, -0.05) is 0 Å². The summed E-state index contributed by atoms with van der Waals surface area (Å²) in [4.78, 5) is 10.6. The van der Waals surface area contributed by atoms with Crippen LogP contribution in [0.4, 0.5) is 11.5 Å². The van der Waals surface area contributed by atoms with Crippen LogP contribution in [0.15, 0.2) is 42.9 Å². The number of hydrogen-bond acceptors (Lipinski definition) is 4. The highest BCUT2D eigenvalue weighted by Crippen LogP contribution is 2.25. The largest absolute Gasteiger partial charge is 0.508 e. The highest BCUT2D eigenvalue weighted by atomic mass is 16.3. The number of fused-ring (bicyclic) bond motifs is 1. The Kier molecular flexibility index (Phi) is 2.59. The van der Waals surface area contributed by atoms with Gasteiger partial charge in [-0.2, -0.15) is 0 Å². The zero-order valence-corrected chi connectivity index (χ0v) is 10.8. The molecule has 0 atom stereocenters. The summed E-state index contributed by atoms with van der Waals surface area (Å²) in [6, 6.07) is 9.02. The second-order valence-electron chi connectivity index (χ2n) is 4.46. The smallest absolute Gasteiger partial charge is 0.134 e. The van der Waals surface area contributed by atoms with Gasteiger partial charge < -0.3 is 14.6 Å². The van der Waals surface area contributed by atoms with E-state index in [1.165, 1.54) is 0 Å². The lowest BCUT2D eigenvalue weighted by Gasteiger charge is -2.18. The third-order valence-electron chi connectivity index (χ3n) is 3.18. The van der Waals surface area contributed by atoms with Crippen LogP contribution in [-0.4, -0.2) is 26.7 Å². The molecule has 0 amide bonds. The quantitative estimate of drug-likeness (QED) is 0.763. The maximum atomic E-state index is 9.31. The van der Waals surface area contributed by atoms with Gasteiger partial charge in [0.2, 0.25) is 0 Å². The predicted molar refractivity (Wildman–Crippen MR) is 74.7 cm³/mol. The maximum absolute atomic E-state index is 9.31. The van der Waals surface area contributed by atoms with Crippen LogP contribution in [0.3, 0.4) is 0 Å². The van der Waals surface area contributed by atoms with E-state index in [-0.39, 0.29) is 5.75 Å². The molecule has 0 aliphatic carbocycles. The number of anilines is 2. The van der Waals surface area contributed by atoms with E-state index in [4.69, 9.17) is 0 Å². The molecule has 0 spiro atoms. The number of aromatic nitrogens is 3. The first-order chi connectivity index (χ1) is 9.15. The highest BCUT2D eigenvalue weighted by molar-refractivity contribution is 5.78. The molecule has 1 N–H and O–H groups in total. The Morgan fingerprint density at radius 2 is 1.89 bits per heavy atom. The molecule has 0 aliphatic heterocycles. The summed E-state index contributed by atoms with van der Waals surface area (Å²) in [6.45, 7) is 0. The Balaban J connectivity index is 2.03. The first kappa shape index (κ1) is 11.5. The van der Waals surface area contributed by atoms with Gasteiger partial charge in [-0.3, -0.25) is 0 Å². The van der Waals surface area contributed by atoms with E-state index in [0.717, 1.165) is 22.5 Å². The number of aromatic hydroxyl groups is 1. The molecule has 96 valence electrons. The van der Waals surface area contributed by atoms with Crippen LogP contribution in [0.1, 0.15) is 0 Å². The lowest BCUT2D eigenvalue weighted by atomic mass is 10.2. The minimum Gasteiger partial charge on any atom is -0.508 e. The van der Waals surface area contributed by atoms with Crippen molar-refractivity contribution in [1.82, 2.24) is 14.5 Å². The lowest BCUT2D eigenvalue weighted by Crippen LogP contribution is -2.10. The van der Waals surface area contributed by atoms with Crippen LogP contribution in [0.25, 0.3) is 11.0 Å². The molecule has 0 unspecified atom stereocenters. The highest BCUT2D eigenvalue weighted by Gasteiger charge is 2.08. The Morgan fingerprint density at radius 1 is 1.16 bits per heavy atom. The average Bonchev–Trinajstić information content (AvgIpc) is 2.80. The monoisotopic (exact) mass is 254 g/mol. The fourth-order valence-electron chi connectivity index (χ4n) is 2.01. The number of rotatable bonds is 2. The molecule has 3 aromatic rings. The number of phenolic OH excluding ortho intramolecular Hbond substituents is 1. The predicted octanol–water partition coefficient (Wildman–Crippen LogP) is 2.44. The number of hydrogen-bond donors (Lipinski definition) is 1. The summed E-state index contributed by atoms with van der Waals surface area (Å²) in [5, 5.41) is 9.31. The van der Waals surface area contributed by atoms with Crippen LogP contribution in [0.5, 0.6) is 5.75 Å². The van der Waals surface area contributed by atoms with E-state index < -0.39 is 0 Å². The van der Waals surface area contributed by atoms with Gasteiger partial charge in [-0.25, -0.2) is 9.97 Å². The van der Waals surface area contributed by atoms with Crippen LogP contribution in [0.2, 0.25) is 0 Å². The first-order valence-corrected chi connectivity index (χ1v) is 5.95. The van der Waals surface area contributed by atoms with Gasteiger partial charge in [0.1, 0.15) is 17.1 Å². The third kappa shape index (κ3) is 1.99. The number of pyridine rings is 1. The molecular weight excluding hydrogens is 240 g/mol. The fourth-order valence-corrected chi connectivity index (χ4v) is 2.01.